The van der Waals surface area contributed by atoms with Crippen molar-refractivity contribution in [2.45, 2.75) is 0 Å². The summed E-state index contributed by atoms with van der Waals surface area (Å²) in [5, 5.41) is 12.0. The van der Waals surface area contributed by atoms with Gasteiger partial charge in [-0.2, -0.15) is 0 Å². The normalized spacial score (nSPS) is 11.8. The summed E-state index contributed by atoms with van der Waals surface area (Å²) in [6.07, 6.45) is 0. The first-order chi connectivity index (χ1) is 31.2. The van der Waals surface area contributed by atoms with Crippen molar-refractivity contribution in [3.05, 3.63) is 231 Å². The molecule has 2 aromatic heterocycles. The molecule has 63 heavy (non-hydrogen) atoms. The number of anilines is 3. The van der Waals surface area contributed by atoms with Gasteiger partial charge in [0.15, 0.2) is 0 Å². The number of benzene rings is 11. The van der Waals surface area contributed by atoms with Crippen LogP contribution in [0.15, 0.2) is 235 Å². The Hall–Kier alpha value is -8.40. The molecule has 0 unspecified atom stereocenters. The molecule has 13 rings (SSSR count). The summed E-state index contributed by atoms with van der Waals surface area (Å²) in [7, 11) is 0. The van der Waals surface area contributed by atoms with Crippen molar-refractivity contribution in [1.29, 1.82) is 0 Å². The molecule has 0 N–H and O–H groups in total. The van der Waals surface area contributed by atoms with Gasteiger partial charge in [-0.3, -0.25) is 0 Å². The van der Waals surface area contributed by atoms with Crippen LogP contribution in [0.25, 0.3) is 104 Å². The monoisotopic (exact) mass is 802 g/mol. The molecule has 0 radical (unpaired) electrons. The van der Waals surface area contributed by atoms with Gasteiger partial charge in [0.25, 0.3) is 0 Å². The lowest BCUT2D eigenvalue weighted by molar-refractivity contribution is 0.674. The Balaban J connectivity index is 0.944. The van der Waals surface area contributed by atoms with Gasteiger partial charge in [-0.1, -0.05) is 170 Å². The van der Waals surface area contributed by atoms with Crippen molar-refractivity contribution in [1.82, 2.24) is 4.57 Å². The number of hydrogen-bond acceptors (Lipinski definition) is 2. The molecule has 3 nitrogen and oxygen atoms in total. The Kier molecular flexibility index (Phi) is 7.91. The molecule has 11 aromatic carbocycles. The van der Waals surface area contributed by atoms with Crippen LogP contribution < -0.4 is 4.90 Å². The zero-order valence-corrected chi connectivity index (χ0v) is 34.2. The number of furan rings is 1. The average molecular weight is 803 g/mol. The van der Waals surface area contributed by atoms with E-state index in [1.165, 1.54) is 54.3 Å². The number of aromatic nitrogens is 1. The molecule has 0 saturated heterocycles. The van der Waals surface area contributed by atoms with Gasteiger partial charge in [0, 0.05) is 55.1 Å². The van der Waals surface area contributed by atoms with Crippen LogP contribution in [-0.2, 0) is 0 Å². The summed E-state index contributed by atoms with van der Waals surface area (Å²) in [6, 6.07) is 83.5. The van der Waals surface area contributed by atoms with Crippen molar-refractivity contribution in [2.24, 2.45) is 0 Å². The first kappa shape index (κ1) is 35.4. The van der Waals surface area contributed by atoms with Gasteiger partial charge in [0.2, 0.25) is 0 Å². The molecular weight excluding hydrogens is 765 g/mol. The SMILES string of the molecule is c1ccc(-n2c3ccccc3c3ccccc32)c(-c2ccc(N(c3ccc(-c4cccc5c4oc4c6ccccc6ccc54)cc3)c3ccc4ccc5ccccc5c4c3)cc2)c1. The molecule has 0 aliphatic rings. The summed E-state index contributed by atoms with van der Waals surface area (Å²) in [5.74, 6) is 0. The van der Waals surface area contributed by atoms with Crippen LogP contribution in [0.3, 0.4) is 0 Å². The van der Waals surface area contributed by atoms with Gasteiger partial charge < -0.3 is 13.9 Å². The number of rotatable bonds is 6. The Bertz CT molecular complexity index is 3860. The number of fused-ring (bicyclic) bond motifs is 11. The summed E-state index contributed by atoms with van der Waals surface area (Å²) in [4.78, 5) is 2.38. The molecule has 0 atom stereocenters. The van der Waals surface area contributed by atoms with E-state index in [0.29, 0.717) is 0 Å². The second-order valence-corrected chi connectivity index (χ2v) is 16.5. The van der Waals surface area contributed by atoms with Gasteiger partial charge in [0.05, 0.1) is 16.7 Å². The lowest BCUT2D eigenvalue weighted by atomic mass is 9.99. The van der Waals surface area contributed by atoms with E-state index in [4.69, 9.17) is 4.42 Å². The Labute approximate surface area is 363 Å². The molecule has 0 bridgehead atoms. The highest BCUT2D eigenvalue weighted by atomic mass is 16.3. The van der Waals surface area contributed by atoms with E-state index in [-0.39, 0.29) is 0 Å². The largest absolute Gasteiger partial charge is 0.455 e. The fraction of sp³-hybridized carbons (Fsp3) is 0. The molecule has 294 valence electrons. The average Bonchev–Trinajstić information content (AvgIpc) is 3.91. The topological polar surface area (TPSA) is 21.3 Å². The summed E-state index contributed by atoms with van der Waals surface area (Å²) >= 11 is 0. The van der Waals surface area contributed by atoms with E-state index < -0.39 is 0 Å². The minimum Gasteiger partial charge on any atom is -0.455 e. The van der Waals surface area contributed by atoms with Crippen LogP contribution in [0.4, 0.5) is 17.1 Å². The highest BCUT2D eigenvalue weighted by Crippen LogP contribution is 2.43. The fourth-order valence-corrected chi connectivity index (χ4v) is 10.0. The van der Waals surface area contributed by atoms with Gasteiger partial charge in [0.1, 0.15) is 11.2 Å². The minimum atomic E-state index is 0.909. The predicted octanol–water partition coefficient (Wildman–Crippen LogP) is 16.9. The number of para-hydroxylation sites is 4. The molecule has 0 amide bonds. The van der Waals surface area contributed by atoms with E-state index in [1.807, 2.05) is 0 Å². The maximum Gasteiger partial charge on any atom is 0.143 e. The molecule has 0 fully saturated rings. The molecule has 0 aliphatic carbocycles. The van der Waals surface area contributed by atoms with Crippen LogP contribution >= 0.6 is 0 Å². The summed E-state index contributed by atoms with van der Waals surface area (Å²) < 4.78 is 9.17. The minimum absolute atomic E-state index is 0.909. The second-order valence-electron chi connectivity index (χ2n) is 16.5. The smallest absolute Gasteiger partial charge is 0.143 e. The maximum atomic E-state index is 6.75. The third kappa shape index (κ3) is 5.60. The second kappa shape index (κ2) is 14.1. The Morgan fingerprint density at radius 3 is 1.49 bits per heavy atom. The standard InChI is InChI=1S/C60H38N2O/c1-3-14-47-39(12-1)24-25-43-30-36-46(38-55(43)47)61(45-34-28-42(29-35-45)50-19-11-20-53-54-37-31-40-13-2-4-16-49(40)60(54)63-59(50)53)44-32-26-41(27-33-44)48-15-5-8-21-56(48)62-57-22-9-6-17-51(57)52-18-7-10-23-58(52)62/h1-38H. The van der Waals surface area contributed by atoms with E-state index >= 15 is 0 Å². The lowest BCUT2D eigenvalue weighted by Gasteiger charge is -2.26. The third-order valence-corrected chi connectivity index (χ3v) is 13.0. The first-order valence-electron chi connectivity index (χ1n) is 21.6. The first-order valence-corrected chi connectivity index (χ1v) is 21.6. The molecule has 2 heterocycles. The number of nitrogens with zero attached hydrogens (tertiary/aromatic N) is 2. The predicted molar refractivity (Wildman–Crippen MR) is 266 cm³/mol. The fourth-order valence-electron chi connectivity index (χ4n) is 10.0. The van der Waals surface area contributed by atoms with Gasteiger partial charge in [-0.25, -0.2) is 0 Å². The van der Waals surface area contributed by atoms with Crippen molar-refractivity contribution in [3.8, 4) is 27.9 Å². The van der Waals surface area contributed by atoms with Crippen LogP contribution in [0.5, 0.6) is 0 Å². The molecular formula is C60H38N2O. The number of hydrogen-bond donors (Lipinski definition) is 0. The maximum absolute atomic E-state index is 6.75. The molecule has 0 aliphatic heterocycles. The van der Waals surface area contributed by atoms with E-state index in [9.17, 15) is 0 Å². The zero-order chi connectivity index (χ0) is 41.4. The summed E-state index contributed by atoms with van der Waals surface area (Å²) in [5.41, 5.74) is 13.2. The van der Waals surface area contributed by atoms with Gasteiger partial charge in [-0.05, 0) is 98.7 Å². The molecule has 3 heteroatoms. The van der Waals surface area contributed by atoms with Crippen LogP contribution in [0.2, 0.25) is 0 Å². The van der Waals surface area contributed by atoms with Crippen molar-refractivity contribution < 1.29 is 4.42 Å². The third-order valence-electron chi connectivity index (χ3n) is 13.0. The van der Waals surface area contributed by atoms with Crippen molar-refractivity contribution in [2.75, 3.05) is 4.90 Å². The van der Waals surface area contributed by atoms with E-state index in [2.05, 4.69) is 240 Å². The highest BCUT2D eigenvalue weighted by Gasteiger charge is 2.19. The quantitative estimate of drug-likeness (QED) is 0.156. The highest BCUT2D eigenvalue weighted by molar-refractivity contribution is 6.17. The van der Waals surface area contributed by atoms with E-state index in [1.54, 1.807) is 0 Å². The molecule has 13 aromatic rings. The Morgan fingerprint density at radius 1 is 0.302 bits per heavy atom. The van der Waals surface area contributed by atoms with Gasteiger partial charge >= 0.3 is 0 Å². The molecule has 0 saturated carbocycles. The van der Waals surface area contributed by atoms with Crippen LogP contribution in [0.1, 0.15) is 0 Å². The van der Waals surface area contributed by atoms with Gasteiger partial charge in [-0.15, -0.1) is 0 Å². The molecule has 0 spiro atoms. The van der Waals surface area contributed by atoms with Crippen LogP contribution in [-0.4, -0.2) is 4.57 Å². The summed E-state index contributed by atoms with van der Waals surface area (Å²) in [6.45, 7) is 0. The van der Waals surface area contributed by atoms with E-state index in [0.717, 1.165) is 66.8 Å². The van der Waals surface area contributed by atoms with Crippen molar-refractivity contribution in [3.63, 3.8) is 0 Å². The van der Waals surface area contributed by atoms with Crippen LogP contribution in [0, 0.1) is 0 Å². The van der Waals surface area contributed by atoms with Crippen molar-refractivity contribution >= 4 is 93.1 Å². The lowest BCUT2D eigenvalue weighted by Crippen LogP contribution is -2.10. The Morgan fingerprint density at radius 2 is 0.778 bits per heavy atom. The zero-order valence-electron chi connectivity index (χ0n) is 34.2.